The quantitative estimate of drug-likeness (QED) is 0.610. The molecular formula is C9H18N2. The maximum Gasteiger partial charge on any atom is 0.0271 e. The van der Waals surface area contributed by atoms with Crippen molar-refractivity contribution in [1.82, 2.24) is 10.2 Å². The van der Waals surface area contributed by atoms with Crippen LogP contribution in [0.5, 0.6) is 0 Å². The molecule has 0 aromatic heterocycles. The number of nitrogens with zero attached hydrogens (tertiary/aromatic N) is 1. The van der Waals surface area contributed by atoms with Crippen LogP contribution in [0.2, 0.25) is 0 Å². The summed E-state index contributed by atoms with van der Waals surface area (Å²) in [5.74, 6) is 0. The van der Waals surface area contributed by atoms with Gasteiger partial charge in [-0.05, 0) is 20.3 Å². The SMILES string of the molecule is C=C1CCN(C(C)C)CCN1. The van der Waals surface area contributed by atoms with Crippen molar-refractivity contribution >= 4 is 0 Å². The van der Waals surface area contributed by atoms with Crippen LogP contribution >= 0.6 is 0 Å². The van der Waals surface area contributed by atoms with Crippen LogP contribution in [0, 0.1) is 0 Å². The zero-order chi connectivity index (χ0) is 8.27. The van der Waals surface area contributed by atoms with Crippen LogP contribution in [0.25, 0.3) is 0 Å². The lowest BCUT2D eigenvalue weighted by Crippen LogP contribution is -2.33. The highest BCUT2D eigenvalue weighted by Gasteiger charge is 2.12. The van der Waals surface area contributed by atoms with Crippen LogP contribution in [0.4, 0.5) is 0 Å². The Kier molecular flexibility index (Phi) is 2.94. The van der Waals surface area contributed by atoms with Crippen molar-refractivity contribution in [3.05, 3.63) is 12.3 Å². The molecule has 2 heteroatoms. The van der Waals surface area contributed by atoms with Crippen molar-refractivity contribution in [3.8, 4) is 0 Å². The van der Waals surface area contributed by atoms with Gasteiger partial charge in [0.15, 0.2) is 0 Å². The van der Waals surface area contributed by atoms with Crippen molar-refractivity contribution < 1.29 is 0 Å². The van der Waals surface area contributed by atoms with Gasteiger partial charge in [-0.2, -0.15) is 0 Å². The summed E-state index contributed by atoms with van der Waals surface area (Å²) in [7, 11) is 0. The molecule has 1 fully saturated rings. The predicted molar refractivity (Wildman–Crippen MR) is 48.5 cm³/mol. The van der Waals surface area contributed by atoms with Gasteiger partial charge in [0.1, 0.15) is 0 Å². The molecule has 1 saturated heterocycles. The summed E-state index contributed by atoms with van der Waals surface area (Å²) in [4.78, 5) is 2.48. The van der Waals surface area contributed by atoms with Crippen molar-refractivity contribution in [2.75, 3.05) is 19.6 Å². The fourth-order valence-electron chi connectivity index (χ4n) is 1.37. The highest BCUT2D eigenvalue weighted by atomic mass is 15.2. The van der Waals surface area contributed by atoms with Crippen molar-refractivity contribution in [1.29, 1.82) is 0 Å². The van der Waals surface area contributed by atoms with Gasteiger partial charge in [-0.15, -0.1) is 0 Å². The molecule has 1 aliphatic rings. The molecule has 0 unspecified atom stereocenters. The third-order valence-corrected chi connectivity index (χ3v) is 2.21. The van der Waals surface area contributed by atoms with E-state index in [9.17, 15) is 0 Å². The Hall–Kier alpha value is -0.500. The first-order chi connectivity index (χ1) is 5.20. The molecule has 1 rings (SSSR count). The average molecular weight is 154 g/mol. The van der Waals surface area contributed by atoms with E-state index in [0.29, 0.717) is 6.04 Å². The molecule has 1 aliphatic heterocycles. The second-order valence-electron chi connectivity index (χ2n) is 3.41. The molecule has 64 valence electrons. The van der Waals surface area contributed by atoms with Crippen LogP contribution in [0.3, 0.4) is 0 Å². The van der Waals surface area contributed by atoms with Gasteiger partial charge in [0.2, 0.25) is 0 Å². The second-order valence-corrected chi connectivity index (χ2v) is 3.41. The summed E-state index contributed by atoms with van der Waals surface area (Å²) >= 11 is 0. The monoisotopic (exact) mass is 154 g/mol. The Balaban J connectivity index is 2.40. The number of hydrogen-bond donors (Lipinski definition) is 1. The van der Waals surface area contributed by atoms with Crippen LogP contribution in [0.15, 0.2) is 12.3 Å². The second kappa shape index (κ2) is 3.77. The van der Waals surface area contributed by atoms with Crippen LogP contribution in [-0.2, 0) is 0 Å². The molecule has 0 aromatic carbocycles. The highest BCUT2D eigenvalue weighted by Crippen LogP contribution is 2.05. The summed E-state index contributed by atoms with van der Waals surface area (Å²) in [6.45, 7) is 11.8. The maximum absolute atomic E-state index is 3.93. The fourth-order valence-corrected chi connectivity index (χ4v) is 1.37. The third-order valence-electron chi connectivity index (χ3n) is 2.21. The largest absolute Gasteiger partial charge is 0.387 e. The van der Waals surface area contributed by atoms with E-state index in [2.05, 4.69) is 30.6 Å². The minimum Gasteiger partial charge on any atom is -0.387 e. The topological polar surface area (TPSA) is 15.3 Å². The number of nitrogens with one attached hydrogen (secondary N) is 1. The van der Waals surface area contributed by atoms with E-state index in [0.717, 1.165) is 26.1 Å². The van der Waals surface area contributed by atoms with Crippen molar-refractivity contribution in [3.63, 3.8) is 0 Å². The van der Waals surface area contributed by atoms with Gasteiger partial charge >= 0.3 is 0 Å². The lowest BCUT2D eigenvalue weighted by molar-refractivity contribution is 0.238. The first kappa shape index (κ1) is 8.60. The summed E-state index contributed by atoms with van der Waals surface area (Å²) < 4.78 is 0. The molecule has 0 amide bonds. The van der Waals surface area contributed by atoms with Gasteiger partial charge in [-0.1, -0.05) is 6.58 Å². The predicted octanol–water partition coefficient (Wildman–Crippen LogP) is 1.20. The normalized spacial score (nSPS) is 21.5. The molecular weight excluding hydrogens is 136 g/mol. The van der Waals surface area contributed by atoms with Gasteiger partial charge in [0.25, 0.3) is 0 Å². The minimum atomic E-state index is 0.669. The van der Waals surface area contributed by atoms with Crippen molar-refractivity contribution in [2.24, 2.45) is 0 Å². The molecule has 0 spiro atoms. The number of rotatable bonds is 1. The Morgan fingerprint density at radius 3 is 2.82 bits per heavy atom. The van der Waals surface area contributed by atoms with Crippen molar-refractivity contribution in [2.45, 2.75) is 26.3 Å². The fraction of sp³-hybridized carbons (Fsp3) is 0.778. The summed E-state index contributed by atoms with van der Waals surface area (Å²) in [6.07, 6.45) is 1.10. The molecule has 0 aromatic rings. The molecule has 1 heterocycles. The zero-order valence-electron chi connectivity index (χ0n) is 7.56. The minimum absolute atomic E-state index is 0.669. The molecule has 0 saturated carbocycles. The van der Waals surface area contributed by atoms with Gasteiger partial charge < -0.3 is 5.32 Å². The smallest absolute Gasteiger partial charge is 0.0271 e. The Morgan fingerprint density at radius 1 is 1.45 bits per heavy atom. The molecule has 2 nitrogen and oxygen atoms in total. The average Bonchev–Trinajstić information content (AvgIpc) is 2.13. The van der Waals surface area contributed by atoms with E-state index < -0.39 is 0 Å². The van der Waals surface area contributed by atoms with Gasteiger partial charge in [-0.3, -0.25) is 4.90 Å². The highest BCUT2D eigenvalue weighted by molar-refractivity contribution is 4.94. The summed E-state index contributed by atoms with van der Waals surface area (Å²) in [6, 6.07) is 0.669. The first-order valence-corrected chi connectivity index (χ1v) is 4.36. The van der Waals surface area contributed by atoms with Gasteiger partial charge in [0, 0.05) is 31.4 Å². The Bertz CT molecular complexity index is 140. The Morgan fingerprint density at radius 2 is 2.18 bits per heavy atom. The van der Waals surface area contributed by atoms with E-state index in [1.165, 1.54) is 5.70 Å². The molecule has 0 bridgehead atoms. The summed E-state index contributed by atoms with van der Waals surface area (Å²) in [5, 5.41) is 3.29. The molecule has 1 N–H and O–H groups in total. The standard InChI is InChI=1S/C9H18N2/c1-8(2)11-6-4-9(3)10-5-7-11/h8,10H,3-7H2,1-2H3. The van der Waals surface area contributed by atoms with E-state index >= 15 is 0 Å². The van der Waals surface area contributed by atoms with E-state index in [4.69, 9.17) is 0 Å². The summed E-state index contributed by atoms with van der Waals surface area (Å²) in [5.41, 5.74) is 1.19. The van der Waals surface area contributed by atoms with Crippen LogP contribution < -0.4 is 5.32 Å². The first-order valence-electron chi connectivity index (χ1n) is 4.36. The van der Waals surface area contributed by atoms with Gasteiger partial charge in [0.05, 0.1) is 0 Å². The Labute approximate surface area is 69.3 Å². The zero-order valence-corrected chi connectivity index (χ0v) is 7.56. The van der Waals surface area contributed by atoms with Crippen LogP contribution in [0.1, 0.15) is 20.3 Å². The maximum atomic E-state index is 3.93. The molecule has 11 heavy (non-hydrogen) atoms. The number of hydrogen-bond acceptors (Lipinski definition) is 2. The lowest BCUT2D eigenvalue weighted by atomic mass is 10.3. The van der Waals surface area contributed by atoms with Gasteiger partial charge in [-0.25, -0.2) is 0 Å². The molecule has 0 atom stereocenters. The van der Waals surface area contributed by atoms with E-state index in [1.54, 1.807) is 0 Å². The van der Waals surface area contributed by atoms with E-state index in [1.807, 2.05) is 0 Å². The van der Waals surface area contributed by atoms with Crippen LogP contribution in [-0.4, -0.2) is 30.6 Å². The van der Waals surface area contributed by atoms with E-state index in [-0.39, 0.29) is 0 Å². The molecule has 0 radical (unpaired) electrons. The molecule has 0 aliphatic carbocycles. The lowest BCUT2D eigenvalue weighted by Gasteiger charge is -2.23. The third kappa shape index (κ3) is 2.54.